The van der Waals surface area contributed by atoms with Crippen LogP contribution in [0.25, 0.3) is 0 Å². The van der Waals surface area contributed by atoms with E-state index in [0.29, 0.717) is 30.1 Å². The number of ether oxygens (including phenoxy) is 1. The van der Waals surface area contributed by atoms with Crippen molar-refractivity contribution in [3.63, 3.8) is 0 Å². The van der Waals surface area contributed by atoms with Crippen LogP contribution >= 0.6 is 11.3 Å². The maximum absolute atomic E-state index is 12.2. The first-order chi connectivity index (χ1) is 12.9. The molecule has 4 rings (SSSR count). The maximum Gasteiger partial charge on any atom is 0.337 e. The monoisotopic (exact) mass is 390 g/mol. The number of aliphatic imine (C=N–C) groups is 1. The lowest BCUT2D eigenvalue weighted by atomic mass is 10.0. The lowest BCUT2D eigenvalue weighted by Crippen LogP contribution is -2.42. The number of aliphatic carboxylic acids is 1. The summed E-state index contributed by atoms with van der Waals surface area (Å²) in [4.78, 5) is 34.8. The molecule has 1 saturated heterocycles. The predicted octanol–water partition coefficient (Wildman–Crippen LogP) is 1.17. The average Bonchev–Trinajstić information content (AvgIpc) is 3.08. The Morgan fingerprint density at radius 3 is 2.85 bits per heavy atom. The molecule has 0 radical (unpaired) electrons. The highest BCUT2D eigenvalue weighted by molar-refractivity contribution is 7.11. The third-order valence-corrected chi connectivity index (χ3v) is 6.46. The summed E-state index contributed by atoms with van der Waals surface area (Å²) in [5.74, 6) is -0.634. The molecule has 1 aromatic rings. The molecule has 3 aliphatic rings. The third-order valence-electron chi connectivity index (χ3n) is 5.49. The second-order valence-electron chi connectivity index (χ2n) is 7.50. The van der Waals surface area contributed by atoms with E-state index in [9.17, 15) is 14.7 Å². The van der Waals surface area contributed by atoms with Gasteiger partial charge in [0.05, 0.1) is 19.2 Å². The Morgan fingerprint density at radius 1 is 1.48 bits per heavy atom. The zero-order chi connectivity index (χ0) is 19.2. The summed E-state index contributed by atoms with van der Waals surface area (Å²) in [6, 6.07) is -0.523. The second kappa shape index (κ2) is 6.72. The molecule has 9 heteroatoms. The van der Waals surface area contributed by atoms with Crippen molar-refractivity contribution in [3.05, 3.63) is 27.4 Å². The fraction of sp³-hybridized carbons (Fsp3) is 0.556. The van der Waals surface area contributed by atoms with E-state index in [-0.39, 0.29) is 12.0 Å². The number of carbonyl (C=O) groups is 2. The Kier molecular flexibility index (Phi) is 4.51. The summed E-state index contributed by atoms with van der Waals surface area (Å²) >= 11 is 1.48. The molecule has 1 spiro atoms. The number of carboxylic acid groups (broad SMARTS) is 1. The number of carbonyl (C=O) groups excluding carboxylic acids is 1. The van der Waals surface area contributed by atoms with Crippen LogP contribution in [0.5, 0.6) is 0 Å². The maximum atomic E-state index is 12.2. The molecule has 144 valence electrons. The SMILES string of the molecule is COC(=O)C1=C(CN2CC3(CC3)CC2C(=O)O)NC(c2nc(C)cs2)=NC1. The Labute approximate surface area is 160 Å². The van der Waals surface area contributed by atoms with Gasteiger partial charge < -0.3 is 15.2 Å². The van der Waals surface area contributed by atoms with Crippen molar-refractivity contribution in [3.8, 4) is 0 Å². The second-order valence-corrected chi connectivity index (χ2v) is 8.35. The van der Waals surface area contributed by atoms with Gasteiger partial charge in [0.25, 0.3) is 0 Å². The minimum Gasteiger partial charge on any atom is -0.480 e. The van der Waals surface area contributed by atoms with E-state index in [1.54, 1.807) is 0 Å². The predicted molar refractivity (Wildman–Crippen MR) is 99.7 cm³/mol. The van der Waals surface area contributed by atoms with Crippen LogP contribution in [-0.4, -0.2) is 65.6 Å². The average molecular weight is 390 g/mol. The number of hydrogen-bond acceptors (Lipinski definition) is 8. The third kappa shape index (κ3) is 3.49. The molecule has 0 bridgehead atoms. The van der Waals surface area contributed by atoms with Gasteiger partial charge in [-0.3, -0.25) is 14.7 Å². The lowest BCUT2D eigenvalue weighted by molar-refractivity contribution is -0.142. The molecule has 2 aliphatic heterocycles. The van der Waals surface area contributed by atoms with Gasteiger partial charge in [-0.25, -0.2) is 9.78 Å². The molecule has 1 unspecified atom stereocenters. The van der Waals surface area contributed by atoms with Crippen LogP contribution < -0.4 is 5.32 Å². The van der Waals surface area contributed by atoms with Gasteiger partial charge in [-0.1, -0.05) is 0 Å². The summed E-state index contributed by atoms with van der Waals surface area (Å²) in [5.41, 5.74) is 2.15. The van der Waals surface area contributed by atoms with Crippen LogP contribution in [0.1, 0.15) is 30.0 Å². The number of nitrogens with one attached hydrogen (secondary N) is 1. The molecule has 3 heterocycles. The minimum atomic E-state index is -0.806. The molecule has 1 aromatic heterocycles. The number of aryl methyl sites for hydroxylation is 1. The van der Waals surface area contributed by atoms with E-state index in [1.807, 2.05) is 17.2 Å². The van der Waals surface area contributed by atoms with Crippen molar-refractivity contribution >= 4 is 29.1 Å². The smallest absolute Gasteiger partial charge is 0.337 e. The van der Waals surface area contributed by atoms with Gasteiger partial charge in [-0.05, 0) is 31.6 Å². The van der Waals surface area contributed by atoms with Crippen molar-refractivity contribution in [2.24, 2.45) is 10.4 Å². The summed E-state index contributed by atoms with van der Waals surface area (Å²) in [7, 11) is 1.34. The van der Waals surface area contributed by atoms with Crippen molar-refractivity contribution < 1.29 is 19.4 Å². The highest BCUT2D eigenvalue weighted by atomic mass is 32.1. The molecule has 0 amide bonds. The standard InChI is InChI=1S/C18H22N4O4S/c1-10-8-27-15(20-10)14-19-6-11(17(25)26-2)12(21-14)7-22-9-18(3-4-18)5-13(22)16(23)24/h8,13H,3-7,9H2,1-2H3,(H,19,21)(H,23,24). The number of rotatable bonds is 5. The Balaban J connectivity index is 1.59. The number of likely N-dealkylation sites (tertiary alicyclic amines) is 1. The van der Waals surface area contributed by atoms with Gasteiger partial charge >= 0.3 is 11.9 Å². The Bertz CT molecular complexity index is 855. The largest absolute Gasteiger partial charge is 0.480 e. The van der Waals surface area contributed by atoms with Crippen LogP contribution in [-0.2, 0) is 14.3 Å². The summed E-state index contributed by atoms with van der Waals surface area (Å²) < 4.78 is 4.90. The fourth-order valence-electron chi connectivity index (χ4n) is 3.84. The number of amidine groups is 1. The van der Waals surface area contributed by atoms with Crippen LogP contribution in [0.4, 0.5) is 0 Å². The molecule has 0 aromatic carbocycles. The highest BCUT2D eigenvalue weighted by Crippen LogP contribution is 2.54. The van der Waals surface area contributed by atoms with E-state index in [0.717, 1.165) is 30.1 Å². The van der Waals surface area contributed by atoms with Crippen molar-refractivity contribution in [2.75, 3.05) is 26.7 Å². The van der Waals surface area contributed by atoms with Gasteiger partial charge in [0.15, 0.2) is 10.8 Å². The van der Waals surface area contributed by atoms with Gasteiger partial charge in [0.2, 0.25) is 0 Å². The van der Waals surface area contributed by atoms with Gasteiger partial charge in [-0.2, -0.15) is 0 Å². The van der Waals surface area contributed by atoms with E-state index in [4.69, 9.17) is 4.74 Å². The number of esters is 1. The number of methoxy groups -OCH3 is 1. The first-order valence-electron chi connectivity index (χ1n) is 8.92. The van der Waals surface area contributed by atoms with E-state index in [2.05, 4.69) is 15.3 Å². The number of hydrogen-bond donors (Lipinski definition) is 2. The van der Waals surface area contributed by atoms with Crippen LogP contribution in [0.3, 0.4) is 0 Å². The Hall–Kier alpha value is -2.26. The number of carboxylic acids is 1. The van der Waals surface area contributed by atoms with E-state index < -0.39 is 18.0 Å². The van der Waals surface area contributed by atoms with E-state index in [1.165, 1.54) is 18.4 Å². The highest BCUT2D eigenvalue weighted by Gasteiger charge is 2.54. The summed E-state index contributed by atoms with van der Waals surface area (Å²) in [5, 5.41) is 15.5. The molecule has 2 fully saturated rings. The summed E-state index contributed by atoms with van der Waals surface area (Å²) in [6.07, 6.45) is 2.83. The van der Waals surface area contributed by atoms with Gasteiger partial charge in [0.1, 0.15) is 6.04 Å². The lowest BCUT2D eigenvalue weighted by Gasteiger charge is -2.27. The first-order valence-corrected chi connectivity index (χ1v) is 9.80. The zero-order valence-electron chi connectivity index (χ0n) is 15.3. The number of nitrogens with zero attached hydrogens (tertiary/aromatic N) is 3. The number of aromatic nitrogens is 1. The quantitative estimate of drug-likeness (QED) is 0.727. The zero-order valence-corrected chi connectivity index (χ0v) is 16.1. The van der Waals surface area contributed by atoms with Crippen LogP contribution in [0.15, 0.2) is 21.6 Å². The van der Waals surface area contributed by atoms with Crippen molar-refractivity contribution in [2.45, 2.75) is 32.2 Å². The number of thiazole rings is 1. The van der Waals surface area contributed by atoms with Crippen molar-refractivity contribution in [1.29, 1.82) is 0 Å². The molecular weight excluding hydrogens is 368 g/mol. The van der Waals surface area contributed by atoms with Crippen LogP contribution in [0.2, 0.25) is 0 Å². The van der Waals surface area contributed by atoms with E-state index >= 15 is 0 Å². The fourth-order valence-corrected chi connectivity index (χ4v) is 4.60. The molecule has 1 aliphatic carbocycles. The summed E-state index contributed by atoms with van der Waals surface area (Å²) in [6.45, 7) is 3.20. The van der Waals surface area contributed by atoms with Gasteiger partial charge in [0, 0.05) is 29.9 Å². The molecule has 27 heavy (non-hydrogen) atoms. The minimum absolute atomic E-state index is 0.146. The molecule has 8 nitrogen and oxygen atoms in total. The molecule has 2 N–H and O–H groups in total. The molecule has 1 atom stereocenters. The normalized spacial score (nSPS) is 23.9. The topological polar surface area (TPSA) is 104 Å². The molecule has 1 saturated carbocycles. The van der Waals surface area contributed by atoms with Crippen LogP contribution in [0, 0.1) is 12.3 Å². The Morgan fingerprint density at radius 2 is 2.26 bits per heavy atom. The van der Waals surface area contributed by atoms with Gasteiger partial charge in [-0.15, -0.1) is 11.3 Å². The molecular formula is C18H22N4O4S. The first kappa shape index (κ1) is 18.1. The van der Waals surface area contributed by atoms with Crippen molar-refractivity contribution in [1.82, 2.24) is 15.2 Å².